The van der Waals surface area contributed by atoms with E-state index in [4.69, 9.17) is 28.1 Å². The molecular formula is C37H38O18. The van der Waals surface area contributed by atoms with Crippen LogP contribution in [0.2, 0.25) is 0 Å². The highest BCUT2D eigenvalue weighted by Gasteiger charge is 2.49. The van der Waals surface area contributed by atoms with E-state index in [2.05, 4.69) is 0 Å². The minimum Gasteiger partial charge on any atom is -0.508 e. The number of carbonyl (C=O) groups is 1. The zero-order chi connectivity index (χ0) is 39.7. The number of carbonyl (C=O) groups excluding carboxylic acids is 1. The summed E-state index contributed by atoms with van der Waals surface area (Å²) >= 11 is 0. The van der Waals surface area contributed by atoms with Gasteiger partial charge in [-0.05, 0) is 48.0 Å². The summed E-state index contributed by atoms with van der Waals surface area (Å²) in [5.41, 5.74) is -0.829. The molecule has 294 valence electrons. The minimum atomic E-state index is -2.01. The van der Waals surface area contributed by atoms with Crippen molar-refractivity contribution in [1.82, 2.24) is 0 Å². The quantitative estimate of drug-likeness (QED) is 0.0721. The topological polar surface area (TPSA) is 296 Å². The molecule has 4 unspecified atom stereocenters. The van der Waals surface area contributed by atoms with Crippen molar-refractivity contribution in [2.24, 2.45) is 0 Å². The fourth-order valence-corrected chi connectivity index (χ4v) is 6.23. The standard InChI is InChI=1S/C37H38O18/c1-50-21-10-15(2-8-18(21)40)3-9-26(42)51-14-25-30(44)33(47)35(49)37(55-25)54-23-12-22-27(19(41)11-20(52-22)16-4-6-17(39)7-5-16)31(45)28(23)36-34(48)32(46)29(43)24(13-38)53-36/h2-12,24-25,29-30,32-40,43-49H,13-14H2,1H3/t24?,25?,29-,30-,32+,33+,34?,35?,36+,37-/m1/s1. The monoisotopic (exact) mass is 770 g/mol. The van der Waals surface area contributed by atoms with E-state index in [1.165, 1.54) is 55.7 Å². The Kier molecular flexibility index (Phi) is 11.6. The third-order valence-electron chi connectivity index (χ3n) is 9.24. The second-order valence-electron chi connectivity index (χ2n) is 12.8. The third kappa shape index (κ3) is 7.94. The lowest BCUT2D eigenvalue weighted by Gasteiger charge is -2.42. The summed E-state index contributed by atoms with van der Waals surface area (Å²) in [5.74, 6) is -2.37. The molecule has 0 bridgehead atoms. The van der Waals surface area contributed by atoms with Crippen molar-refractivity contribution < 1.29 is 84.0 Å². The van der Waals surface area contributed by atoms with Gasteiger partial charge in [0.15, 0.2) is 16.9 Å². The minimum absolute atomic E-state index is 0.0172. The van der Waals surface area contributed by atoms with E-state index < -0.39 is 108 Å². The zero-order valence-electron chi connectivity index (χ0n) is 28.8. The smallest absolute Gasteiger partial charge is 0.330 e. The molecule has 18 heteroatoms. The molecule has 4 aromatic rings. The molecule has 10 N–H and O–H groups in total. The van der Waals surface area contributed by atoms with E-state index in [0.29, 0.717) is 11.1 Å². The van der Waals surface area contributed by atoms with Crippen molar-refractivity contribution in [3.63, 3.8) is 0 Å². The number of hydrogen-bond donors (Lipinski definition) is 10. The fraction of sp³-hybridized carbons (Fsp3) is 0.351. The van der Waals surface area contributed by atoms with Gasteiger partial charge >= 0.3 is 5.97 Å². The van der Waals surface area contributed by atoms with Crippen molar-refractivity contribution >= 4 is 23.0 Å². The molecule has 0 aliphatic carbocycles. The second kappa shape index (κ2) is 16.2. The number of rotatable bonds is 10. The van der Waals surface area contributed by atoms with Crippen molar-refractivity contribution in [2.75, 3.05) is 20.3 Å². The van der Waals surface area contributed by atoms with Crippen LogP contribution in [-0.2, 0) is 19.0 Å². The van der Waals surface area contributed by atoms with Gasteiger partial charge < -0.3 is 79.2 Å². The summed E-state index contributed by atoms with van der Waals surface area (Å²) in [7, 11) is 1.35. The summed E-state index contributed by atoms with van der Waals surface area (Å²) < 4.78 is 33.5. The molecule has 10 atom stereocenters. The first kappa shape index (κ1) is 39.4. The van der Waals surface area contributed by atoms with Crippen molar-refractivity contribution in [3.8, 4) is 40.1 Å². The van der Waals surface area contributed by atoms with Gasteiger partial charge in [0.2, 0.25) is 6.29 Å². The predicted octanol–water partition coefficient (Wildman–Crippen LogP) is -0.457. The second-order valence-corrected chi connectivity index (χ2v) is 12.8. The maximum Gasteiger partial charge on any atom is 0.330 e. The molecule has 0 saturated carbocycles. The van der Waals surface area contributed by atoms with E-state index in [9.17, 15) is 60.7 Å². The molecule has 1 aromatic heterocycles. The van der Waals surface area contributed by atoms with Gasteiger partial charge in [-0.1, -0.05) is 6.07 Å². The number of phenolic OH excluding ortho intramolecular Hbond substituents is 3. The molecule has 6 rings (SSSR count). The molecule has 18 nitrogen and oxygen atoms in total. The van der Waals surface area contributed by atoms with Crippen LogP contribution in [-0.4, -0.2) is 132 Å². The van der Waals surface area contributed by atoms with Gasteiger partial charge in [0.25, 0.3) is 0 Å². The maximum absolute atomic E-state index is 13.5. The van der Waals surface area contributed by atoms with E-state index >= 15 is 0 Å². The molecule has 2 saturated heterocycles. The number of aromatic hydroxyl groups is 3. The van der Waals surface area contributed by atoms with Crippen LogP contribution in [0.3, 0.4) is 0 Å². The van der Waals surface area contributed by atoms with Gasteiger partial charge in [0, 0.05) is 23.8 Å². The van der Waals surface area contributed by atoms with Crippen LogP contribution in [0.5, 0.6) is 28.7 Å². The van der Waals surface area contributed by atoms with Gasteiger partial charge in [-0.3, -0.25) is 4.79 Å². The molecule has 3 aromatic carbocycles. The van der Waals surface area contributed by atoms with Gasteiger partial charge in [-0.15, -0.1) is 0 Å². The Morgan fingerprint density at radius 1 is 0.800 bits per heavy atom. The Morgan fingerprint density at radius 3 is 2.18 bits per heavy atom. The number of aliphatic hydroxyl groups excluding tert-OH is 7. The lowest BCUT2D eigenvalue weighted by molar-refractivity contribution is -0.279. The lowest BCUT2D eigenvalue weighted by Crippen LogP contribution is -2.60. The molecule has 0 amide bonds. The molecule has 0 spiro atoms. The van der Waals surface area contributed by atoms with Crippen molar-refractivity contribution in [1.29, 1.82) is 0 Å². The highest BCUT2D eigenvalue weighted by atomic mass is 16.7. The molecule has 2 aliphatic heterocycles. The normalized spacial score (nSPS) is 28.3. The first-order valence-corrected chi connectivity index (χ1v) is 16.7. The van der Waals surface area contributed by atoms with Crippen LogP contribution in [0, 0.1) is 0 Å². The number of hydrogen-bond acceptors (Lipinski definition) is 18. The molecule has 55 heavy (non-hydrogen) atoms. The summed E-state index contributed by atoms with van der Waals surface area (Å²) in [4.78, 5) is 26.0. The van der Waals surface area contributed by atoms with E-state index in [1.807, 2.05) is 0 Å². The maximum atomic E-state index is 13.5. The van der Waals surface area contributed by atoms with Crippen LogP contribution in [0.4, 0.5) is 0 Å². The van der Waals surface area contributed by atoms with Crippen LogP contribution in [0.25, 0.3) is 28.4 Å². The summed E-state index contributed by atoms with van der Waals surface area (Å²) in [5, 5.41) is 105. The first-order valence-electron chi connectivity index (χ1n) is 16.7. The Hall–Kier alpha value is -5.28. The highest BCUT2D eigenvalue weighted by Crippen LogP contribution is 2.46. The molecule has 2 fully saturated rings. The predicted molar refractivity (Wildman–Crippen MR) is 186 cm³/mol. The number of esters is 1. The average molecular weight is 771 g/mol. The number of phenols is 3. The number of aliphatic hydroxyl groups is 7. The fourth-order valence-electron chi connectivity index (χ4n) is 6.23. The highest BCUT2D eigenvalue weighted by molar-refractivity contribution is 5.88. The van der Waals surface area contributed by atoms with Crippen LogP contribution >= 0.6 is 0 Å². The van der Waals surface area contributed by atoms with Crippen molar-refractivity contribution in [3.05, 3.63) is 82.0 Å². The van der Waals surface area contributed by atoms with Gasteiger partial charge in [0.1, 0.15) is 95.5 Å². The average Bonchev–Trinajstić information content (AvgIpc) is 3.17. The van der Waals surface area contributed by atoms with E-state index in [0.717, 1.165) is 18.2 Å². The lowest BCUT2D eigenvalue weighted by atomic mass is 9.89. The van der Waals surface area contributed by atoms with Crippen LogP contribution in [0.1, 0.15) is 17.2 Å². The van der Waals surface area contributed by atoms with Gasteiger partial charge in [0.05, 0.1) is 19.3 Å². The summed E-state index contributed by atoms with van der Waals surface area (Å²) in [6, 6.07) is 12.0. The summed E-state index contributed by atoms with van der Waals surface area (Å²) in [6.45, 7) is -1.53. The molecular weight excluding hydrogens is 732 g/mol. The molecule has 0 radical (unpaired) electrons. The van der Waals surface area contributed by atoms with Gasteiger partial charge in [-0.25, -0.2) is 4.79 Å². The largest absolute Gasteiger partial charge is 0.508 e. The van der Waals surface area contributed by atoms with E-state index in [-0.39, 0.29) is 28.6 Å². The number of benzene rings is 3. The molecule has 2 aliphatic rings. The molecule has 3 heterocycles. The first-order chi connectivity index (χ1) is 26.2. The van der Waals surface area contributed by atoms with Gasteiger partial charge in [-0.2, -0.15) is 0 Å². The Labute approximate surface area is 310 Å². The Bertz CT molecular complexity index is 2090. The number of ether oxygens (including phenoxy) is 5. The van der Waals surface area contributed by atoms with E-state index in [1.54, 1.807) is 0 Å². The van der Waals surface area contributed by atoms with Crippen molar-refractivity contribution in [2.45, 2.75) is 61.2 Å². The third-order valence-corrected chi connectivity index (χ3v) is 9.24. The summed E-state index contributed by atoms with van der Waals surface area (Å²) in [6.07, 6.45) is -15.9. The Balaban J connectivity index is 1.33. The zero-order valence-corrected chi connectivity index (χ0v) is 28.8. The van der Waals surface area contributed by atoms with Crippen LogP contribution < -0.4 is 14.9 Å². The SMILES string of the molecule is COc1cc(C=CC(=O)OCC2O[C@@H](Oc3cc4oc(-c5ccc(O)cc5)cc(=O)c4c(O)c3[C@@H]3OC(CO)[C@@H](O)[C@H](O)C3O)C(O)[C@@H](O)[C@@H]2O)ccc1O. The van der Waals surface area contributed by atoms with Crippen LogP contribution in [0.15, 0.2) is 69.9 Å². The number of fused-ring (bicyclic) bond motifs is 1. The number of methoxy groups -OCH3 is 1. The Morgan fingerprint density at radius 2 is 1.49 bits per heavy atom.